The summed E-state index contributed by atoms with van der Waals surface area (Å²) in [7, 11) is -1.85. The molecule has 1 aliphatic heterocycles. The lowest BCUT2D eigenvalue weighted by molar-refractivity contribution is 0.0734. The van der Waals surface area contributed by atoms with Gasteiger partial charge in [0.15, 0.2) is 0 Å². The number of nitrogens with one attached hydrogen (secondary N) is 1. The van der Waals surface area contributed by atoms with Gasteiger partial charge in [-0.15, -0.1) is 0 Å². The highest BCUT2D eigenvalue weighted by Crippen LogP contribution is 2.18. The van der Waals surface area contributed by atoms with Crippen molar-refractivity contribution in [2.45, 2.75) is 25.3 Å². The first-order chi connectivity index (χ1) is 9.11. The molecular formula is C11H25N3O4S. The lowest BCUT2D eigenvalue weighted by Gasteiger charge is -2.33. The largest absolute Gasteiger partial charge is 0.382 e. The molecule has 0 bridgehead atoms. The van der Waals surface area contributed by atoms with Crippen LogP contribution in [-0.4, -0.2) is 65.3 Å². The predicted molar refractivity (Wildman–Crippen MR) is 73.0 cm³/mol. The molecule has 1 heterocycles. The van der Waals surface area contributed by atoms with Crippen LogP contribution in [0.2, 0.25) is 0 Å². The maximum absolute atomic E-state index is 12.1. The molecule has 1 rings (SSSR count). The van der Waals surface area contributed by atoms with Crippen molar-refractivity contribution in [3.8, 4) is 0 Å². The van der Waals surface area contributed by atoms with E-state index in [9.17, 15) is 8.42 Å². The Kier molecular flexibility index (Phi) is 7.81. The van der Waals surface area contributed by atoms with Crippen LogP contribution in [0.5, 0.6) is 0 Å². The van der Waals surface area contributed by atoms with Crippen LogP contribution < -0.4 is 10.5 Å². The minimum absolute atomic E-state index is 0.0827. The van der Waals surface area contributed by atoms with Crippen LogP contribution in [0.15, 0.2) is 0 Å². The molecule has 7 nitrogen and oxygen atoms in total. The van der Waals surface area contributed by atoms with Crippen molar-refractivity contribution in [1.82, 2.24) is 9.03 Å². The number of nitrogens with zero attached hydrogens (tertiary/aromatic N) is 1. The minimum Gasteiger partial charge on any atom is -0.382 e. The van der Waals surface area contributed by atoms with Gasteiger partial charge in [-0.2, -0.15) is 17.4 Å². The van der Waals surface area contributed by atoms with Crippen LogP contribution in [0.3, 0.4) is 0 Å². The molecule has 1 unspecified atom stereocenters. The molecule has 0 aromatic carbocycles. The van der Waals surface area contributed by atoms with E-state index in [2.05, 4.69) is 4.72 Å². The Labute approximate surface area is 115 Å². The Hall–Kier alpha value is -0.250. The van der Waals surface area contributed by atoms with Crippen molar-refractivity contribution in [3.05, 3.63) is 0 Å². The summed E-state index contributed by atoms with van der Waals surface area (Å²) in [6.45, 7) is 2.48. The molecule has 1 aliphatic rings. The molecule has 0 aromatic heterocycles. The summed E-state index contributed by atoms with van der Waals surface area (Å²) in [5, 5.41) is 0. The molecule has 0 radical (unpaired) electrons. The fourth-order valence-electron chi connectivity index (χ4n) is 2.10. The number of hydrogen-bond donors (Lipinski definition) is 2. The van der Waals surface area contributed by atoms with Crippen LogP contribution in [0, 0.1) is 0 Å². The van der Waals surface area contributed by atoms with Crippen molar-refractivity contribution < 1.29 is 17.9 Å². The Morgan fingerprint density at radius 3 is 2.79 bits per heavy atom. The molecule has 8 heteroatoms. The Bertz CT molecular complexity index is 337. The zero-order valence-corrected chi connectivity index (χ0v) is 12.3. The summed E-state index contributed by atoms with van der Waals surface area (Å²) in [4.78, 5) is 0. The topological polar surface area (TPSA) is 93.9 Å². The van der Waals surface area contributed by atoms with Crippen molar-refractivity contribution in [2.75, 3.05) is 46.6 Å². The van der Waals surface area contributed by atoms with Gasteiger partial charge in [0.2, 0.25) is 0 Å². The van der Waals surface area contributed by atoms with Crippen molar-refractivity contribution in [3.63, 3.8) is 0 Å². The molecular weight excluding hydrogens is 270 g/mol. The van der Waals surface area contributed by atoms with Gasteiger partial charge in [0, 0.05) is 32.8 Å². The highest BCUT2D eigenvalue weighted by atomic mass is 32.2. The fraction of sp³-hybridized carbons (Fsp3) is 1.00. The molecule has 3 N–H and O–H groups in total. The fourth-order valence-corrected chi connectivity index (χ4v) is 3.56. The second-order valence-electron chi connectivity index (χ2n) is 4.50. The maximum Gasteiger partial charge on any atom is 0.279 e. The third-order valence-electron chi connectivity index (χ3n) is 3.12. The van der Waals surface area contributed by atoms with E-state index in [0.29, 0.717) is 32.9 Å². The molecule has 0 spiro atoms. The molecule has 0 amide bonds. The molecule has 19 heavy (non-hydrogen) atoms. The van der Waals surface area contributed by atoms with Gasteiger partial charge in [-0.25, -0.2) is 0 Å². The molecule has 1 saturated heterocycles. The number of hydrogen-bond acceptors (Lipinski definition) is 5. The van der Waals surface area contributed by atoms with Crippen molar-refractivity contribution >= 4 is 10.2 Å². The van der Waals surface area contributed by atoms with Gasteiger partial charge in [0.1, 0.15) is 0 Å². The summed E-state index contributed by atoms with van der Waals surface area (Å²) in [5.74, 6) is 0. The second kappa shape index (κ2) is 8.83. The van der Waals surface area contributed by atoms with Gasteiger partial charge >= 0.3 is 0 Å². The third kappa shape index (κ3) is 5.72. The van der Waals surface area contributed by atoms with Gasteiger partial charge in [-0.1, -0.05) is 6.42 Å². The maximum atomic E-state index is 12.1. The number of piperidine rings is 1. The lowest BCUT2D eigenvalue weighted by Crippen LogP contribution is -2.52. The predicted octanol–water partition coefficient (Wildman–Crippen LogP) is -0.703. The van der Waals surface area contributed by atoms with Gasteiger partial charge < -0.3 is 15.2 Å². The van der Waals surface area contributed by atoms with E-state index in [0.717, 1.165) is 19.3 Å². The summed E-state index contributed by atoms with van der Waals surface area (Å²) >= 11 is 0. The zero-order chi connectivity index (χ0) is 14.1. The third-order valence-corrected chi connectivity index (χ3v) is 4.78. The van der Waals surface area contributed by atoms with Crippen molar-refractivity contribution in [2.24, 2.45) is 5.73 Å². The van der Waals surface area contributed by atoms with E-state index in [4.69, 9.17) is 15.2 Å². The van der Waals surface area contributed by atoms with Crippen molar-refractivity contribution in [1.29, 1.82) is 0 Å². The SMILES string of the molecule is COCCOCCNS(=O)(=O)N1CCCCC1CN. The summed E-state index contributed by atoms with van der Waals surface area (Å²) < 4.78 is 38.3. The first-order valence-electron chi connectivity index (χ1n) is 6.65. The average molecular weight is 295 g/mol. The minimum atomic E-state index is -3.45. The quantitative estimate of drug-likeness (QED) is 0.548. The van der Waals surface area contributed by atoms with E-state index in [1.807, 2.05) is 0 Å². The second-order valence-corrected chi connectivity index (χ2v) is 6.21. The standard InChI is InChI=1S/C11H25N3O4S/c1-17-8-9-18-7-5-13-19(15,16)14-6-3-2-4-11(14)10-12/h11,13H,2-10,12H2,1H3. The summed E-state index contributed by atoms with van der Waals surface area (Å²) in [5.41, 5.74) is 5.63. The van der Waals surface area contributed by atoms with Crippen LogP contribution >= 0.6 is 0 Å². The molecule has 0 aromatic rings. The van der Waals surface area contributed by atoms with Gasteiger partial charge in [-0.3, -0.25) is 0 Å². The van der Waals surface area contributed by atoms with Gasteiger partial charge in [0.25, 0.3) is 10.2 Å². The molecule has 0 saturated carbocycles. The monoisotopic (exact) mass is 295 g/mol. The van der Waals surface area contributed by atoms with Crippen LogP contribution in [0.25, 0.3) is 0 Å². The van der Waals surface area contributed by atoms with Crippen LogP contribution in [0.1, 0.15) is 19.3 Å². The van der Waals surface area contributed by atoms with Gasteiger partial charge in [-0.05, 0) is 12.8 Å². The van der Waals surface area contributed by atoms with Crippen LogP contribution in [0.4, 0.5) is 0 Å². The Morgan fingerprint density at radius 1 is 1.32 bits per heavy atom. The Balaban J connectivity index is 2.33. The normalized spacial score (nSPS) is 21.7. The Morgan fingerprint density at radius 2 is 2.11 bits per heavy atom. The number of ether oxygens (including phenoxy) is 2. The van der Waals surface area contributed by atoms with Gasteiger partial charge in [0.05, 0.1) is 19.8 Å². The summed E-state index contributed by atoms with van der Waals surface area (Å²) in [6, 6.07) is -0.0827. The average Bonchev–Trinajstić information content (AvgIpc) is 2.42. The van der Waals surface area contributed by atoms with E-state index in [1.165, 1.54) is 4.31 Å². The smallest absolute Gasteiger partial charge is 0.279 e. The molecule has 1 fully saturated rings. The highest BCUT2D eigenvalue weighted by molar-refractivity contribution is 7.87. The highest BCUT2D eigenvalue weighted by Gasteiger charge is 2.30. The van der Waals surface area contributed by atoms with Crippen LogP contribution in [-0.2, 0) is 19.7 Å². The first-order valence-corrected chi connectivity index (χ1v) is 8.09. The zero-order valence-electron chi connectivity index (χ0n) is 11.5. The number of rotatable bonds is 9. The van der Waals surface area contributed by atoms with E-state index < -0.39 is 10.2 Å². The van der Waals surface area contributed by atoms with E-state index in [-0.39, 0.29) is 12.6 Å². The molecule has 0 aliphatic carbocycles. The van der Waals surface area contributed by atoms with E-state index >= 15 is 0 Å². The first kappa shape index (κ1) is 16.8. The number of nitrogens with two attached hydrogens (primary N) is 1. The number of methoxy groups -OCH3 is 1. The lowest BCUT2D eigenvalue weighted by atomic mass is 10.1. The molecule has 114 valence electrons. The van der Waals surface area contributed by atoms with E-state index in [1.54, 1.807) is 7.11 Å². The summed E-state index contributed by atoms with van der Waals surface area (Å²) in [6.07, 6.45) is 2.76. The molecule has 1 atom stereocenters.